The van der Waals surface area contributed by atoms with Crippen molar-refractivity contribution >= 4 is 39.8 Å². The largest absolute Gasteiger partial charge is 0.504 e. The molecule has 1 atom stereocenters. The molecule has 1 aliphatic heterocycles. The van der Waals surface area contributed by atoms with E-state index in [0.29, 0.717) is 22.3 Å². The second-order valence-corrected chi connectivity index (χ2v) is 8.50. The van der Waals surface area contributed by atoms with Crippen LogP contribution in [0.3, 0.4) is 0 Å². The first kappa shape index (κ1) is 21.4. The van der Waals surface area contributed by atoms with Crippen LogP contribution in [0.4, 0.5) is 21.6 Å². The summed E-state index contributed by atoms with van der Waals surface area (Å²) in [6.45, 7) is 1.76. The van der Waals surface area contributed by atoms with Gasteiger partial charge in [-0.15, -0.1) is 0 Å². The molecule has 4 heterocycles. The van der Waals surface area contributed by atoms with Gasteiger partial charge in [0, 0.05) is 30.9 Å². The molecule has 1 unspecified atom stereocenters. The summed E-state index contributed by atoms with van der Waals surface area (Å²) in [7, 11) is 0. The van der Waals surface area contributed by atoms with Crippen molar-refractivity contribution in [2.75, 3.05) is 23.3 Å². The van der Waals surface area contributed by atoms with Crippen molar-refractivity contribution in [1.29, 1.82) is 0 Å². The normalized spacial score (nSPS) is 16.2. The van der Waals surface area contributed by atoms with Gasteiger partial charge in [-0.1, -0.05) is 11.6 Å². The summed E-state index contributed by atoms with van der Waals surface area (Å²) in [5, 5.41) is 12.9. The third-order valence-electron chi connectivity index (χ3n) is 5.71. The second-order valence-electron chi connectivity index (χ2n) is 8.09. The van der Waals surface area contributed by atoms with Gasteiger partial charge in [-0.2, -0.15) is 0 Å². The Morgan fingerprint density at radius 3 is 2.79 bits per heavy atom. The number of fused-ring (bicyclic) bond motifs is 1. The maximum absolute atomic E-state index is 14.0. The van der Waals surface area contributed by atoms with E-state index in [9.17, 15) is 9.50 Å². The summed E-state index contributed by atoms with van der Waals surface area (Å²) in [6, 6.07) is 12.2. The number of rotatable bonds is 4. The van der Waals surface area contributed by atoms with Crippen molar-refractivity contribution in [2.24, 2.45) is 5.73 Å². The van der Waals surface area contributed by atoms with E-state index in [-0.39, 0.29) is 11.1 Å². The number of hydrogen-bond acceptors (Lipinski definition) is 7. The molecule has 9 heteroatoms. The molecule has 0 aliphatic carbocycles. The number of aromatic nitrogens is 3. The average Bonchev–Trinajstić information content (AvgIpc) is 2.83. The molecule has 1 aliphatic rings. The summed E-state index contributed by atoms with van der Waals surface area (Å²) in [5.41, 5.74) is 9.89. The van der Waals surface area contributed by atoms with Gasteiger partial charge in [0.1, 0.15) is 11.3 Å². The molecule has 33 heavy (non-hydrogen) atoms. The lowest BCUT2D eigenvalue weighted by molar-refractivity contribution is 0.433. The van der Waals surface area contributed by atoms with Crippen LogP contribution in [0.15, 0.2) is 54.9 Å². The Morgan fingerprint density at radius 2 is 2.03 bits per heavy atom. The number of anilines is 3. The Labute approximate surface area is 195 Å². The van der Waals surface area contributed by atoms with Gasteiger partial charge in [-0.05, 0) is 55.3 Å². The minimum Gasteiger partial charge on any atom is -0.504 e. The summed E-state index contributed by atoms with van der Waals surface area (Å²) in [5.74, 6) is -0.473. The fourth-order valence-corrected chi connectivity index (χ4v) is 4.23. The number of pyridine rings is 3. The topological polar surface area (TPSA) is 100 Å². The number of phenols is 1. The zero-order valence-electron chi connectivity index (χ0n) is 17.7. The Kier molecular flexibility index (Phi) is 5.70. The summed E-state index contributed by atoms with van der Waals surface area (Å²) in [4.78, 5) is 15.9. The highest BCUT2D eigenvalue weighted by Crippen LogP contribution is 2.33. The van der Waals surface area contributed by atoms with Crippen molar-refractivity contribution in [1.82, 2.24) is 15.0 Å². The lowest BCUT2D eigenvalue weighted by Crippen LogP contribution is -2.43. The van der Waals surface area contributed by atoms with Gasteiger partial charge in [0.05, 0.1) is 33.8 Å². The zero-order valence-corrected chi connectivity index (χ0v) is 18.4. The molecular weight excluding hydrogens is 443 g/mol. The number of halogens is 2. The lowest BCUT2D eigenvalue weighted by atomic mass is 10.1. The van der Waals surface area contributed by atoms with Crippen molar-refractivity contribution in [3.63, 3.8) is 0 Å². The number of hydrogen-bond donors (Lipinski definition) is 3. The van der Waals surface area contributed by atoms with Crippen LogP contribution in [0.5, 0.6) is 5.75 Å². The summed E-state index contributed by atoms with van der Waals surface area (Å²) in [6.07, 6.45) is 5.58. The van der Waals surface area contributed by atoms with Crippen molar-refractivity contribution in [3.05, 3.63) is 65.7 Å². The molecule has 1 aromatic carbocycles. The van der Waals surface area contributed by atoms with E-state index in [1.165, 1.54) is 12.1 Å². The van der Waals surface area contributed by atoms with Gasteiger partial charge in [0.25, 0.3) is 0 Å². The third-order valence-corrected chi connectivity index (χ3v) is 5.99. The fraction of sp³-hybridized carbons (Fsp3) is 0.208. The molecule has 0 radical (unpaired) electrons. The van der Waals surface area contributed by atoms with Gasteiger partial charge in [0.15, 0.2) is 11.6 Å². The minimum atomic E-state index is -0.801. The molecule has 7 nitrogen and oxygen atoms in total. The molecule has 3 aromatic heterocycles. The van der Waals surface area contributed by atoms with Gasteiger partial charge in [-0.25, -0.2) is 14.4 Å². The van der Waals surface area contributed by atoms with E-state index in [4.69, 9.17) is 17.3 Å². The number of phenolic OH excluding ortho intramolecular Hbond substituents is 1. The molecule has 0 bridgehead atoms. The van der Waals surface area contributed by atoms with Crippen LogP contribution in [-0.2, 0) is 0 Å². The first-order valence-corrected chi connectivity index (χ1v) is 11.0. The number of aromatic hydroxyl groups is 1. The predicted molar refractivity (Wildman–Crippen MR) is 129 cm³/mol. The molecule has 168 valence electrons. The predicted octanol–water partition coefficient (Wildman–Crippen LogP) is 4.86. The van der Waals surface area contributed by atoms with Crippen LogP contribution in [0.1, 0.15) is 12.8 Å². The highest BCUT2D eigenvalue weighted by Gasteiger charge is 2.18. The van der Waals surface area contributed by atoms with Gasteiger partial charge in [-0.3, -0.25) is 4.98 Å². The van der Waals surface area contributed by atoms with Crippen LogP contribution in [0.2, 0.25) is 5.02 Å². The SMILES string of the molecule is NC1CCCN(c2ccc(Nc3ccnc4ccc(-c5cc(F)c(O)c(Cl)c5)nc34)cn2)C1. The standard InChI is InChI=1S/C24H22ClFN6O/c25-17-10-14(11-18(26)24(17)33)19-4-5-20-23(31-19)21(7-8-28-20)30-16-3-6-22(29-12-16)32-9-1-2-15(27)13-32/h3-8,10-12,15,33H,1-2,9,13,27H2,(H,28,30). The van der Waals surface area contributed by atoms with E-state index in [0.717, 1.165) is 43.1 Å². The van der Waals surface area contributed by atoms with E-state index in [1.807, 2.05) is 24.3 Å². The van der Waals surface area contributed by atoms with E-state index >= 15 is 0 Å². The molecule has 5 rings (SSSR count). The number of piperidine rings is 1. The number of nitrogens with one attached hydrogen (secondary N) is 1. The maximum atomic E-state index is 14.0. The second kappa shape index (κ2) is 8.80. The lowest BCUT2D eigenvalue weighted by Gasteiger charge is -2.31. The summed E-state index contributed by atoms with van der Waals surface area (Å²) < 4.78 is 14.0. The van der Waals surface area contributed by atoms with Crippen molar-refractivity contribution in [2.45, 2.75) is 18.9 Å². The quantitative estimate of drug-likeness (QED) is 0.396. The molecule has 4 aromatic rings. The van der Waals surface area contributed by atoms with Crippen molar-refractivity contribution < 1.29 is 9.50 Å². The van der Waals surface area contributed by atoms with Gasteiger partial charge in [0.2, 0.25) is 0 Å². The molecule has 0 amide bonds. The zero-order chi connectivity index (χ0) is 22.9. The fourth-order valence-electron chi connectivity index (χ4n) is 4.02. The van der Waals surface area contributed by atoms with Crippen LogP contribution in [-0.4, -0.2) is 39.2 Å². The van der Waals surface area contributed by atoms with E-state index in [2.05, 4.69) is 25.2 Å². The molecule has 0 saturated carbocycles. The van der Waals surface area contributed by atoms with Crippen LogP contribution >= 0.6 is 11.6 Å². The summed E-state index contributed by atoms with van der Waals surface area (Å²) >= 11 is 5.94. The van der Waals surface area contributed by atoms with Crippen LogP contribution < -0.4 is 16.0 Å². The molecule has 0 spiro atoms. The van der Waals surface area contributed by atoms with Crippen LogP contribution in [0, 0.1) is 5.82 Å². The Bertz CT molecular complexity index is 1290. The van der Waals surface area contributed by atoms with Gasteiger partial charge < -0.3 is 21.1 Å². The average molecular weight is 465 g/mol. The Morgan fingerprint density at radius 1 is 1.15 bits per heavy atom. The smallest absolute Gasteiger partial charge is 0.170 e. The molecule has 1 saturated heterocycles. The first-order chi connectivity index (χ1) is 16.0. The minimum absolute atomic E-state index is 0.0720. The van der Waals surface area contributed by atoms with E-state index < -0.39 is 11.6 Å². The molecule has 1 fully saturated rings. The van der Waals surface area contributed by atoms with Gasteiger partial charge >= 0.3 is 0 Å². The Hall–Kier alpha value is -3.49. The van der Waals surface area contributed by atoms with Crippen molar-refractivity contribution in [3.8, 4) is 17.0 Å². The van der Waals surface area contributed by atoms with E-state index in [1.54, 1.807) is 18.5 Å². The highest BCUT2D eigenvalue weighted by atomic mass is 35.5. The number of nitrogens with zero attached hydrogens (tertiary/aromatic N) is 4. The highest BCUT2D eigenvalue weighted by molar-refractivity contribution is 6.32. The number of benzene rings is 1. The Balaban J connectivity index is 1.44. The maximum Gasteiger partial charge on any atom is 0.170 e. The monoisotopic (exact) mass is 464 g/mol. The van der Waals surface area contributed by atoms with Crippen LogP contribution in [0.25, 0.3) is 22.3 Å². The third kappa shape index (κ3) is 4.40. The molecule has 4 N–H and O–H groups in total. The first-order valence-electron chi connectivity index (χ1n) is 10.7. The number of nitrogens with two attached hydrogens (primary N) is 1. The molecular formula is C24H22ClFN6O.